The lowest BCUT2D eigenvalue weighted by molar-refractivity contribution is 0.282. The summed E-state index contributed by atoms with van der Waals surface area (Å²) in [7, 11) is 0. The van der Waals surface area contributed by atoms with Crippen LogP contribution in [0.2, 0.25) is 0 Å². The molecule has 0 aliphatic carbocycles. The van der Waals surface area contributed by atoms with Gasteiger partial charge >= 0.3 is 0 Å². The minimum atomic E-state index is -0.0173. The Kier molecular flexibility index (Phi) is 3.37. The fourth-order valence-electron chi connectivity index (χ4n) is 2.80. The van der Waals surface area contributed by atoms with Gasteiger partial charge in [-0.15, -0.1) is 0 Å². The van der Waals surface area contributed by atoms with Crippen molar-refractivity contribution in [2.75, 3.05) is 0 Å². The molecule has 4 nitrogen and oxygen atoms in total. The minimum absolute atomic E-state index is 0.0173. The highest BCUT2D eigenvalue weighted by Crippen LogP contribution is 2.27. The minimum Gasteiger partial charge on any atom is -0.392 e. The molecular weight excluding hydrogens is 286 g/mol. The molecule has 4 aromatic rings. The van der Waals surface area contributed by atoms with Gasteiger partial charge in [-0.3, -0.25) is 9.38 Å². The molecule has 23 heavy (non-hydrogen) atoms. The molecule has 0 radical (unpaired) electrons. The Bertz CT molecular complexity index is 961. The number of fused-ring (bicyclic) bond motifs is 1. The number of imidazole rings is 1. The molecule has 1 aromatic carbocycles. The first kappa shape index (κ1) is 13.7. The molecule has 0 bridgehead atoms. The topological polar surface area (TPSA) is 50.4 Å². The Balaban J connectivity index is 1.86. The molecule has 112 valence electrons. The molecule has 1 N–H and O–H groups in total. The maximum atomic E-state index is 9.45. The van der Waals surface area contributed by atoms with Gasteiger partial charge in [-0.2, -0.15) is 0 Å². The molecule has 4 heteroatoms. The van der Waals surface area contributed by atoms with Crippen molar-refractivity contribution in [1.82, 2.24) is 14.4 Å². The van der Waals surface area contributed by atoms with Crippen LogP contribution in [0.15, 0.2) is 73.3 Å². The highest BCUT2D eigenvalue weighted by molar-refractivity contribution is 5.72. The molecule has 0 amide bonds. The summed E-state index contributed by atoms with van der Waals surface area (Å²) in [5, 5.41) is 9.45. The predicted molar refractivity (Wildman–Crippen MR) is 89.8 cm³/mol. The second kappa shape index (κ2) is 5.66. The van der Waals surface area contributed by atoms with Gasteiger partial charge in [0.25, 0.3) is 0 Å². The smallest absolute Gasteiger partial charge is 0.142 e. The summed E-state index contributed by atoms with van der Waals surface area (Å²) in [5.74, 6) is 0. The average Bonchev–Trinajstić information content (AvgIpc) is 3.07. The number of rotatable bonds is 3. The molecule has 0 spiro atoms. The van der Waals surface area contributed by atoms with E-state index in [1.807, 2.05) is 53.3 Å². The van der Waals surface area contributed by atoms with Crippen LogP contribution in [0.5, 0.6) is 0 Å². The summed E-state index contributed by atoms with van der Waals surface area (Å²) >= 11 is 0. The van der Waals surface area contributed by atoms with E-state index in [2.05, 4.69) is 28.2 Å². The van der Waals surface area contributed by atoms with E-state index in [0.29, 0.717) is 0 Å². The maximum Gasteiger partial charge on any atom is 0.142 e. The number of nitrogens with zero attached hydrogens (tertiary/aromatic N) is 3. The second-order valence-electron chi connectivity index (χ2n) is 5.35. The van der Waals surface area contributed by atoms with Crippen LogP contribution in [0.4, 0.5) is 0 Å². The van der Waals surface area contributed by atoms with Gasteiger partial charge in [0.1, 0.15) is 5.65 Å². The number of hydrogen-bond acceptors (Lipinski definition) is 3. The Morgan fingerprint density at radius 2 is 1.78 bits per heavy atom. The lowest BCUT2D eigenvalue weighted by Gasteiger charge is -2.06. The molecular formula is C19H15N3O. The van der Waals surface area contributed by atoms with E-state index in [-0.39, 0.29) is 6.61 Å². The van der Waals surface area contributed by atoms with Gasteiger partial charge in [0.15, 0.2) is 0 Å². The molecule has 4 rings (SSSR count). The molecule has 0 unspecified atom stereocenters. The van der Waals surface area contributed by atoms with E-state index >= 15 is 0 Å². The Morgan fingerprint density at radius 3 is 2.61 bits per heavy atom. The first-order valence-electron chi connectivity index (χ1n) is 7.43. The van der Waals surface area contributed by atoms with E-state index < -0.39 is 0 Å². The van der Waals surface area contributed by atoms with Crippen molar-refractivity contribution < 1.29 is 5.11 Å². The summed E-state index contributed by atoms with van der Waals surface area (Å²) in [6, 6.07) is 16.1. The lowest BCUT2D eigenvalue weighted by Crippen LogP contribution is -1.93. The quantitative estimate of drug-likeness (QED) is 0.629. The monoisotopic (exact) mass is 301 g/mol. The maximum absolute atomic E-state index is 9.45. The van der Waals surface area contributed by atoms with Crippen LogP contribution in [0.25, 0.3) is 28.0 Å². The summed E-state index contributed by atoms with van der Waals surface area (Å²) in [6.45, 7) is -0.0173. The van der Waals surface area contributed by atoms with Crippen molar-refractivity contribution in [3.63, 3.8) is 0 Å². The summed E-state index contributed by atoms with van der Waals surface area (Å²) in [4.78, 5) is 8.64. The van der Waals surface area contributed by atoms with E-state index in [1.54, 1.807) is 6.20 Å². The molecule has 0 saturated carbocycles. The second-order valence-corrected chi connectivity index (χ2v) is 5.35. The van der Waals surface area contributed by atoms with Gasteiger partial charge < -0.3 is 5.11 Å². The van der Waals surface area contributed by atoms with Crippen LogP contribution in [-0.2, 0) is 6.61 Å². The number of pyridine rings is 2. The van der Waals surface area contributed by atoms with Crippen LogP contribution >= 0.6 is 0 Å². The van der Waals surface area contributed by atoms with Gasteiger partial charge in [0, 0.05) is 35.3 Å². The molecule has 0 aliphatic heterocycles. The van der Waals surface area contributed by atoms with E-state index in [9.17, 15) is 5.11 Å². The number of aliphatic hydroxyl groups is 1. The van der Waals surface area contributed by atoms with E-state index in [1.165, 1.54) is 0 Å². The SMILES string of the molecule is OCc1cccn2c(-c3cccc(-c4cccnc4)c3)cnc12. The van der Waals surface area contributed by atoms with Gasteiger partial charge in [-0.25, -0.2) is 4.98 Å². The third-order valence-electron chi connectivity index (χ3n) is 3.94. The first-order chi connectivity index (χ1) is 11.4. The third kappa shape index (κ3) is 2.39. The van der Waals surface area contributed by atoms with Gasteiger partial charge in [0.05, 0.1) is 18.5 Å². The van der Waals surface area contributed by atoms with Crippen molar-refractivity contribution >= 4 is 5.65 Å². The molecule has 0 aliphatic rings. The number of hydrogen-bond donors (Lipinski definition) is 1. The molecule has 3 aromatic heterocycles. The van der Waals surface area contributed by atoms with Gasteiger partial charge in [-0.1, -0.05) is 30.3 Å². The van der Waals surface area contributed by atoms with Crippen LogP contribution < -0.4 is 0 Å². The fourth-order valence-corrected chi connectivity index (χ4v) is 2.80. The fraction of sp³-hybridized carbons (Fsp3) is 0.0526. The van der Waals surface area contributed by atoms with E-state index in [0.717, 1.165) is 33.6 Å². The first-order valence-corrected chi connectivity index (χ1v) is 7.43. The Morgan fingerprint density at radius 1 is 0.913 bits per heavy atom. The standard InChI is InChI=1S/C19H15N3O/c23-13-17-7-3-9-22-18(12-21-19(17)22)15-5-1-4-14(10-15)16-6-2-8-20-11-16/h1-12,23H,13H2. The normalized spacial score (nSPS) is 11.0. The Labute approximate surface area is 133 Å². The Hall–Kier alpha value is -2.98. The van der Waals surface area contributed by atoms with Crippen molar-refractivity contribution in [2.24, 2.45) is 0 Å². The third-order valence-corrected chi connectivity index (χ3v) is 3.94. The van der Waals surface area contributed by atoms with Crippen LogP contribution in [-0.4, -0.2) is 19.5 Å². The molecule has 0 saturated heterocycles. The zero-order valence-corrected chi connectivity index (χ0v) is 12.4. The molecule has 0 atom stereocenters. The summed E-state index contributed by atoms with van der Waals surface area (Å²) < 4.78 is 2.01. The summed E-state index contributed by atoms with van der Waals surface area (Å²) in [5.41, 5.74) is 5.89. The van der Waals surface area contributed by atoms with E-state index in [4.69, 9.17) is 0 Å². The zero-order valence-electron chi connectivity index (χ0n) is 12.4. The summed E-state index contributed by atoms with van der Waals surface area (Å²) in [6.07, 6.45) is 7.44. The van der Waals surface area contributed by atoms with Gasteiger partial charge in [0.2, 0.25) is 0 Å². The van der Waals surface area contributed by atoms with Crippen molar-refractivity contribution in [2.45, 2.75) is 6.61 Å². The number of aromatic nitrogens is 3. The van der Waals surface area contributed by atoms with Crippen LogP contribution in [0.3, 0.4) is 0 Å². The number of aliphatic hydroxyl groups excluding tert-OH is 1. The largest absolute Gasteiger partial charge is 0.392 e. The average molecular weight is 301 g/mol. The number of benzene rings is 1. The molecule has 3 heterocycles. The lowest BCUT2D eigenvalue weighted by atomic mass is 10.0. The molecule has 0 fully saturated rings. The predicted octanol–water partition coefficient (Wildman–Crippen LogP) is 3.56. The highest BCUT2D eigenvalue weighted by atomic mass is 16.3. The van der Waals surface area contributed by atoms with Crippen molar-refractivity contribution in [3.8, 4) is 22.4 Å². The van der Waals surface area contributed by atoms with Crippen LogP contribution in [0.1, 0.15) is 5.56 Å². The van der Waals surface area contributed by atoms with Crippen LogP contribution in [0, 0.1) is 0 Å². The zero-order chi connectivity index (χ0) is 15.6. The van der Waals surface area contributed by atoms with Gasteiger partial charge in [-0.05, 0) is 23.8 Å². The van der Waals surface area contributed by atoms with Crippen molar-refractivity contribution in [1.29, 1.82) is 0 Å². The highest BCUT2D eigenvalue weighted by Gasteiger charge is 2.09. The van der Waals surface area contributed by atoms with Crippen molar-refractivity contribution in [3.05, 3.63) is 78.9 Å².